The van der Waals surface area contributed by atoms with Crippen LogP contribution in [0.1, 0.15) is 43.1 Å². The fourth-order valence-corrected chi connectivity index (χ4v) is 2.30. The summed E-state index contributed by atoms with van der Waals surface area (Å²) in [4.78, 5) is 4.30. The number of anilines is 1. The molecule has 1 atom stereocenters. The van der Waals surface area contributed by atoms with Gasteiger partial charge in [0.25, 0.3) is 0 Å². The number of hydrogen-bond acceptors (Lipinski definition) is 4. The number of nitriles is 1. The molecule has 0 saturated heterocycles. The number of pyridine rings is 1. The van der Waals surface area contributed by atoms with Crippen molar-refractivity contribution in [1.82, 2.24) is 4.98 Å². The van der Waals surface area contributed by atoms with Crippen LogP contribution in [0, 0.1) is 31.1 Å². The highest BCUT2D eigenvalue weighted by atomic mass is 16.3. The molecule has 0 aliphatic heterocycles. The zero-order valence-corrected chi connectivity index (χ0v) is 12.0. The van der Waals surface area contributed by atoms with E-state index in [1.54, 1.807) is 0 Å². The van der Waals surface area contributed by atoms with Crippen LogP contribution in [0.15, 0.2) is 6.07 Å². The topological polar surface area (TPSA) is 68.9 Å². The Morgan fingerprint density at radius 2 is 2.16 bits per heavy atom. The van der Waals surface area contributed by atoms with Gasteiger partial charge in [0.1, 0.15) is 6.07 Å². The first-order chi connectivity index (χ1) is 9.12. The summed E-state index contributed by atoms with van der Waals surface area (Å²) < 4.78 is 0. The Morgan fingerprint density at radius 1 is 1.42 bits per heavy atom. The van der Waals surface area contributed by atoms with Gasteiger partial charge in [0.05, 0.1) is 16.9 Å². The number of rotatable bonds is 7. The second kappa shape index (κ2) is 7.75. The van der Waals surface area contributed by atoms with Crippen LogP contribution in [-0.2, 0) is 0 Å². The Bertz CT molecular complexity index is 445. The molecule has 104 valence electrons. The van der Waals surface area contributed by atoms with Crippen molar-refractivity contribution >= 4 is 5.69 Å². The number of nitrogens with one attached hydrogen (secondary N) is 1. The zero-order valence-electron chi connectivity index (χ0n) is 12.0. The number of aliphatic hydroxyl groups excluding tert-OH is 1. The van der Waals surface area contributed by atoms with E-state index in [1.807, 2.05) is 19.9 Å². The van der Waals surface area contributed by atoms with Gasteiger partial charge in [-0.1, -0.05) is 13.3 Å². The van der Waals surface area contributed by atoms with E-state index in [-0.39, 0.29) is 6.61 Å². The molecule has 0 fully saturated rings. The van der Waals surface area contributed by atoms with Gasteiger partial charge in [-0.3, -0.25) is 4.98 Å². The molecule has 0 aromatic carbocycles. The third kappa shape index (κ3) is 4.53. The second-order valence-electron chi connectivity index (χ2n) is 4.93. The summed E-state index contributed by atoms with van der Waals surface area (Å²) in [6.45, 7) is 6.92. The number of aryl methyl sites for hydroxylation is 2. The third-order valence-electron chi connectivity index (χ3n) is 3.26. The van der Waals surface area contributed by atoms with Gasteiger partial charge in [0.15, 0.2) is 0 Å². The largest absolute Gasteiger partial charge is 0.396 e. The van der Waals surface area contributed by atoms with Crippen molar-refractivity contribution in [2.75, 3.05) is 18.5 Å². The van der Waals surface area contributed by atoms with E-state index in [4.69, 9.17) is 5.11 Å². The normalized spacial score (nSPS) is 11.9. The summed E-state index contributed by atoms with van der Waals surface area (Å²) in [7, 11) is 0. The highest BCUT2D eigenvalue weighted by Crippen LogP contribution is 2.20. The van der Waals surface area contributed by atoms with Crippen molar-refractivity contribution < 1.29 is 5.11 Å². The Balaban J connectivity index is 2.79. The van der Waals surface area contributed by atoms with Crippen LogP contribution >= 0.6 is 0 Å². The van der Waals surface area contributed by atoms with Gasteiger partial charge in [0, 0.05) is 18.8 Å². The summed E-state index contributed by atoms with van der Waals surface area (Å²) >= 11 is 0. The molecular weight excluding hydrogens is 238 g/mol. The molecule has 1 rings (SSSR count). The molecule has 1 unspecified atom stereocenters. The van der Waals surface area contributed by atoms with Crippen LogP contribution in [0.3, 0.4) is 0 Å². The molecule has 1 heterocycles. The summed E-state index contributed by atoms with van der Waals surface area (Å²) in [5.41, 5.74) is 3.14. The van der Waals surface area contributed by atoms with Crippen LogP contribution in [0.4, 0.5) is 5.69 Å². The molecule has 0 amide bonds. The lowest BCUT2D eigenvalue weighted by atomic mass is 10.00. The van der Waals surface area contributed by atoms with E-state index in [1.165, 1.54) is 0 Å². The minimum Gasteiger partial charge on any atom is -0.396 e. The lowest BCUT2D eigenvalue weighted by Crippen LogP contribution is -2.16. The first-order valence-electron chi connectivity index (χ1n) is 6.85. The summed E-state index contributed by atoms with van der Waals surface area (Å²) in [6.07, 6.45) is 2.98. The SMILES string of the molecule is CCCC(CCO)CNc1cc(C)nc(C)c1C#N. The van der Waals surface area contributed by atoms with Crippen molar-refractivity contribution in [3.63, 3.8) is 0 Å². The summed E-state index contributed by atoms with van der Waals surface area (Å²) in [6, 6.07) is 4.11. The molecular formula is C15H23N3O. The maximum absolute atomic E-state index is 9.19. The molecule has 2 N–H and O–H groups in total. The maximum atomic E-state index is 9.19. The Kier molecular flexibility index (Phi) is 6.31. The Labute approximate surface area is 115 Å². The Morgan fingerprint density at radius 3 is 2.74 bits per heavy atom. The summed E-state index contributed by atoms with van der Waals surface area (Å²) in [5, 5.41) is 21.6. The number of aliphatic hydroxyl groups is 1. The quantitative estimate of drug-likeness (QED) is 0.792. The van der Waals surface area contributed by atoms with Gasteiger partial charge < -0.3 is 10.4 Å². The van der Waals surface area contributed by atoms with Crippen molar-refractivity contribution in [2.24, 2.45) is 5.92 Å². The van der Waals surface area contributed by atoms with Crippen molar-refractivity contribution in [1.29, 1.82) is 5.26 Å². The van der Waals surface area contributed by atoms with Gasteiger partial charge in [-0.2, -0.15) is 5.26 Å². The number of hydrogen-bond donors (Lipinski definition) is 2. The van der Waals surface area contributed by atoms with E-state index in [2.05, 4.69) is 23.3 Å². The van der Waals surface area contributed by atoms with Gasteiger partial charge >= 0.3 is 0 Å². The fraction of sp³-hybridized carbons (Fsp3) is 0.600. The minimum absolute atomic E-state index is 0.214. The van der Waals surface area contributed by atoms with Gasteiger partial charge in [0.2, 0.25) is 0 Å². The highest BCUT2D eigenvalue weighted by Gasteiger charge is 2.11. The van der Waals surface area contributed by atoms with E-state index in [0.717, 1.165) is 42.9 Å². The van der Waals surface area contributed by atoms with Crippen LogP contribution in [0.25, 0.3) is 0 Å². The molecule has 0 bridgehead atoms. The molecule has 1 aromatic heterocycles. The molecule has 0 spiro atoms. The maximum Gasteiger partial charge on any atom is 0.103 e. The molecule has 19 heavy (non-hydrogen) atoms. The number of nitrogens with zero attached hydrogens (tertiary/aromatic N) is 2. The van der Waals surface area contributed by atoms with Crippen molar-refractivity contribution in [3.05, 3.63) is 23.0 Å². The van der Waals surface area contributed by atoms with E-state index in [9.17, 15) is 5.26 Å². The average molecular weight is 261 g/mol. The molecule has 4 heteroatoms. The van der Waals surface area contributed by atoms with Crippen LogP contribution in [0.2, 0.25) is 0 Å². The smallest absolute Gasteiger partial charge is 0.103 e. The first kappa shape index (κ1) is 15.5. The second-order valence-corrected chi connectivity index (χ2v) is 4.93. The van der Waals surface area contributed by atoms with Crippen molar-refractivity contribution in [2.45, 2.75) is 40.0 Å². The van der Waals surface area contributed by atoms with Crippen LogP contribution < -0.4 is 5.32 Å². The highest BCUT2D eigenvalue weighted by molar-refractivity contribution is 5.59. The van der Waals surface area contributed by atoms with Crippen LogP contribution in [0.5, 0.6) is 0 Å². The zero-order chi connectivity index (χ0) is 14.3. The fourth-order valence-electron chi connectivity index (χ4n) is 2.30. The molecule has 0 saturated carbocycles. The minimum atomic E-state index is 0.214. The standard InChI is InChI=1S/C15H23N3O/c1-4-5-13(6-7-19)10-17-15-8-11(2)18-12(3)14(15)9-16/h8,13,19H,4-7,10H2,1-3H3,(H,17,18). The van der Waals surface area contributed by atoms with E-state index < -0.39 is 0 Å². The van der Waals surface area contributed by atoms with E-state index >= 15 is 0 Å². The Hall–Kier alpha value is -1.60. The molecule has 0 aliphatic carbocycles. The first-order valence-corrected chi connectivity index (χ1v) is 6.85. The van der Waals surface area contributed by atoms with E-state index in [0.29, 0.717) is 11.5 Å². The summed E-state index contributed by atoms with van der Waals surface area (Å²) in [5.74, 6) is 0.440. The predicted molar refractivity (Wildman–Crippen MR) is 77.0 cm³/mol. The monoisotopic (exact) mass is 261 g/mol. The lowest BCUT2D eigenvalue weighted by Gasteiger charge is -2.18. The molecule has 0 radical (unpaired) electrons. The van der Waals surface area contributed by atoms with Gasteiger partial charge in [-0.05, 0) is 38.7 Å². The predicted octanol–water partition coefficient (Wildman–Crippen LogP) is 2.78. The lowest BCUT2D eigenvalue weighted by molar-refractivity contribution is 0.255. The molecule has 1 aromatic rings. The average Bonchev–Trinajstić information content (AvgIpc) is 2.36. The van der Waals surface area contributed by atoms with Gasteiger partial charge in [-0.15, -0.1) is 0 Å². The van der Waals surface area contributed by atoms with Crippen LogP contribution in [-0.4, -0.2) is 23.2 Å². The van der Waals surface area contributed by atoms with Crippen molar-refractivity contribution in [3.8, 4) is 6.07 Å². The third-order valence-corrected chi connectivity index (χ3v) is 3.26. The number of aromatic nitrogens is 1. The van der Waals surface area contributed by atoms with Gasteiger partial charge in [-0.25, -0.2) is 0 Å². The molecule has 0 aliphatic rings. The molecule has 4 nitrogen and oxygen atoms in total.